The third-order valence-corrected chi connectivity index (χ3v) is 13.7. The Balaban J connectivity index is 1.18. The van der Waals surface area contributed by atoms with Gasteiger partial charge >= 0.3 is 0 Å². The van der Waals surface area contributed by atoms with Gasteiger partial charge in [0.25, 0.3) is 20.2 Å². The number of hydrogen-bond acceptors (Lipinski definition) is 11. The van der Waals surface area contributed by atoms with Crippen LogP contribution in [0.25, 0.3) is 0 Å². The Hall–Kier alpha value is -1.10. The van der Waals surface area contributed by atoms with Gasteiger partial charge in [0.15, 0.2) is 0 Å². The number of hydrogen-bond donors (Lipinski definition) is 5. The summed E-state index contributed by atoms with van der Waals surface area (Å²) in [7, 11) is -8.53. The highest BCUT2D eigenvalue weighted by molar-refractivity contribution is 7.86. The predicted molar refractivity (Wildman–Crippen MR) is 164 cm³/mol. The number of nitrogens with zero attached hydrogens (tertiary/aromatic N) is 4. The standard InChI is InChI=1S/C29H51N5O8S2/c1-17-13-25(26(35)16-24(17)32-31-20-7-10-22(11-8-20)43(37,38)39)33-34-28-27(44(40,41)42)15-18-14-21(9-12-23(18)29(28)36)30-19-5-3-2-4-6-19/h17-30,35-36H,2-16H2,1H3,(H,37,38,39)(H,40,41,42). The van der Waals surface area contributed by atoms with Gasteiger partial charge in [-0.05, 0) is 94.8 Å². The van der Waals surface area contributed by atoms with Crippen LogP contribution in [0.15, 0.2) is 20.5 Å². The lowest BCUT2D eigenvalue weighted by molar-refractivity contribution is -0.0135. The molecular formula is C29H51N5O8S2. The Morgan fingerprint density at radius 2 is 1.34 bits per heavy atom. The fourth-order valence-corrected chi connectivity index (χ4v) is 10.5. The molecule has 0 aromatic rings. The maximum atomic E-state index is 12.5. The van der Waals surface area contributed by atoms with Crippen LogP contribution in [0.3, 0.4) is 0 Å². The van der Waals surface area contributed by atoms with Gasteiger partial charge in [0.2, 0.25) is 0 Å². The molecule has 44 heavy (non-hydrogen) atoms. The van der Waals surface area contributed by atoms with Crippen molar-refractivity contribution in [2.75, 3.05) is 0 Å². The molecule has 5 fully saturated rings. The zero-order valence-electron chi connectivity index (χ0n) is 25.6. The van der Waals surface area contributed by atoms with Gasteiger partial charge in [-0.3, -0.25) is 9.11 Å². The number of azo groups is 2. The maximum absolute atomic E-state index is 12.5. The molecule has 0 bridgehead atoms. The summed E-state index contributed by atoms with van der Waals surface area (Å²) in [4.78, 5) is 0. The molecule has 10 unspecified atom stereocenters. The lowest BCUT2D eigenvalue weighted by Gasteiger charge is -2.47. The number of nitrogens with one attached hydrogen (secondary N) is 1. The highest BCUT2D eigenvalue weighted by Gasteiger charge is 2.51. The number of aliphatic hydroxyl groups excluding tert-OH is 2. The van der Waals surface area contributed by atoms with E-state index in [0.717, 1.165) is 19.3 Å². The van der Waals surface area contributed by atoms with Crippen LogP contribution in [0, 0.1) is 17.8 Å². The minimum absolute atomic E-state index is 0.00484. The van der Waals surface area contributed by atoms with Crippen molar-refractivity contribution in [2.45, 2.75) is 162 Å². The summed E-state index contributed by atoms with van der Waals surface area (Å²) in [6.45, 7) is 1.98. The first-order valence-electron chi connectivity index (χ1n) is 16.6. The molecule has 0 aromatic heterocycles. The lowest BCUT2D eigenvalue weighted by atomic mass is 9.66. The third kappa shape index (κ3) is 8.43. The highest BCUT2D eigenvalue weighted by atomic mass is 32.2. The Kier molecular flexibility index (Phi) is 11.2. The summed E-state index contributed by atoms with van der Waals surface area (Å²) in [6, 6.07) is -1.28. The zero-order chi connectivity index (χ0) is 31.6. The topological polar surface area (TPSA) is 211 Å². The second-order valence-corrected chi connectivity index (χ2v) is 17.6. The van der Waals surface area contributed by atoms with Crippen LogP contribution in [-0.2, 0) is 20.2 Å². The van der Waals surface area contributed by atoms with E-state index in [9.17, 15) is 36.2 Å². The first-order valence-corrected chi connectivity index (χ1v) is 19.6. The molecule has 0 aliphatic heterocycles. The Labute approximate surface area is 261 Å². The van der Waals surface area contributed by atoms with Gasteiger partial charge in [-0.2, -0.15) is 37.3 Å². The Morgan fingerprint density at radius 3 is 2.00 bits per heavy atom. The average Bonchev–Trinajstić information content (AvgIpc) is 2.97. The van der Waals surface area contributed by atoms with Crippen LogP contribution in [0.2, 0.25) is 0 Å². The summed E-state index contributed by atoms with van der Waals surface area (Å²) in [5, 5.41) is 41.7. The second-order valence-electron chi connectivity index (χ2n) is 14.3. The minimum Gasteiger partial charge on any atom is -0.391 e. The van der Waals surface area contributed by atoms with Crippen LogP contribution >= 0.6 is 0 Å². The van der Waals surface area contributed by atoms with E-state index in [2.05, 4.69) is 25.8 Å². The van der Waals surface area contributed by atoms with Gasteiger partial charge in [0.05, 0.1) is 35.6 Å². The van der Waals surface area contributed by atoms with Crippen LogP contribution < -0.4 is 5.32 Å². The van der Waals surface area contributed by atoms with Crippen LogP contribution in [-0.4, -0.2) is 95.1 Å². The van der Waals surface area contributed by atoms with Crippen LogP contribution in [0.1, 0.15) is 103 Å². The van der Waals surface area contributed by atoms with Gasteiger partial charge in [-0.15, -0.1) is 0 Å². The fraction of sp³-hybridized carbons (Fsp3) is 1.00. The van der Waals surface area contributed by atoms with Crippen molar-refractivity contribution in [1.82, 2.24) is 5.32 Å². The molecule has 0 radical (unpaired) electrons. The normalized spacial score (nSPS) is 43.3. The number of fused-ring (bicyclic) bond motifs is 1. The highest BCUT2D eigenvalue weighted by Crippen LogP contribution is 2.44. The molecule has 10 atom stereocenters. The van der Waals surface area contributed by atoms with Gasteiger partial charge in [0.1, 0.15) is 11.3 Å². The molecule has 252 valence electrons. The second kappa shape index (κ2) is 14.3. The first kappa shape index (κ1) is 34.2. The van der Waals surface area contributed by atoms with E-state index < -0.39 is 55.0 Å². The van der Waals surface area contributed by atoms with E-state index in [4.69, 9.17) is 0 Å². The fourth-order valence-electron chi connectivity index (χ4n) is 8.53. The van der Waals surface area contributed by atoms with Crippen molar-refractivity contribution in [3.63, 3.8) is 0 Å². The molecule has 13 nitrogen and oxygen atoms in total. The largest absolute Gasteiger partial charge is 0.391 e. The van der Waals surface area contributed by atoms with Crippen LogP contribution in [0.5, 0.6) is 0 Å². The van der Waals surface area contributed by atoms with E-state index in [1.54, 1.807) is 0 Å². The quantitative estimate of drug-likeness (QED) is 0.189. The lowest BCUT2D eigenvalue weighted by Crippen LogP contribution is -2.56. The van der Waals surface area contributed by atoms with E-state index in [-0.39, 0.29) is 42.3 Å². The maximum Gasteiger partial charge on any atom is 0.270 e. The zero-order valence-corrected chi connectivity index (χ0v) is 27.3. The van der Waals surface area contributed by atoms with E-state index in [1.165, 1.54) is 32.1 Å². The van der Waals surface area contributed by atoms with Gasteiger partial charge in [-0.25, -0.2) is 0 Å². The van der Waals surface area contributed by atoms with Gasteiger partial charge < -0.3 is 15.5 Å². The van der Waals surface area contributed by atoms with Crippen molar-refractivity contribution in [1.29, 1.82) is 0 Å². The van der Waals surface area contributed by atoms with E-state index in [0.29, 0.717) is 44.6 Å². The first-order chi connectivity index (χ1) is 20.8. The number of aliphatic hydroxyl groups is 2. The molecule has 0 heterocycles. The molecule has 15 heteroatoms. The molecule has 5 aliphatic carbocycles. The number of rotatable bonds is 8. The summed E-state index contributed by atoms with van der Waals surface area (Å²) in [5.41, 5.74) is 0. The van der Waals surface area contributed by atoms with Crippen molar-refractivity contribution in [2.24, 2.45) is 38.2 Å². The summed E-state index contributed by atoms with van der Waals surface area (Å²) in [6.07, 6.45) is 9.27. The molecular weight excluding hydrogens is 610 g/mol. The van der Waals surface area contributed by atoms with Crippen molar-refractivity contribution in [3.8, 4) is 0 Å². The van der Waals surface area contributed by atoms with Gasteiger partial charge in [-0.1, -0.05) is 26.2 Å². The van der Waals surface area contributed by atoms with E-state index >= 15 is 0 Å². The van der Waals surface area contributed by atoms with Crippen molar-refractivity contribution >= 4 is 20.2 Å². The van der Waals surface area contributed by atoms with Crippen LogP contribution in [0.4, 0.5) is 0 Å². The Morgan fingerprint density at radius 1 is 0.659 bits per heavy atom. The summed E-state index contributed by atoms with van der Waals surface area (Å²) >= 11 is 0. The smallest absolute Gasteiger partial charge is 0.270 e. The molecule has 0 saturated heterocycles. The predicted octanol–water partition coefficient (Wildman–Crippen LogP) is 3.71. The monoisotopic (exact) mass is 661 g/mol. The minimum atomic E-state index is -4.49. The average molecular weight is 662 g/mol. The molecule has 5 rings (SSSR count). The molecule has 5 aliphatic rings. The summed E-state index contributed by atoms with van der Waals surface area (Å²) in [5.74, 6) is -0.146. The van der Waals surface area contributed by atoms with Crippen molar-refractivity contribution in [3.05, 3.63) is 0 Å². The molecule has 5 N–H and O–H groups in total. The molecule has 0 aromatic carbocycles. The molecule has 0 spiro atoms. The van der Waals surface area contributed by atoms with E-state index in [1.807, 2.05) is 6.92 Å². The third-order valence-electron chi connectivity index (χ3n) is 11.2. The molecule has 0 amide bonds. The van der Waals surface area contributed by atoms with Crippen molar-refractivity contribution < 1.29 is 36.2 Å². The summed E-state index contributed by atoms with van der Waals surface area (Å²) < 4.78 is 67.2. The SMILES string of the molecule is CC1CC(N=NC2C(O)C3CCC(NC4CCCCC4)CC3CC2S(=O)(=O)O)C(O)CC1N=NC1CCC(S(=O)(=O)O)CC1. The molecule has 5 saturated carbocycles. The Bertz CT molecular complexity index is 1240. The van der Waals surface area contributed by atoms with Gasteiger partial charge in [0, 0.05) is 12.1 Å².